The Kier molecular flexibility index (Phi) is 8.21. The second-order valence-corrected chi connectivity index (χ2v) is 9.95. The van der Waals surface area contributed by atoms with Gasteiger partial charge in [0.2, 0.25) is 0 Å². The van der Waals surface area contributed by atoms with Gasteiger partial charge in [-0.25, -0.2) is 0 Å². The van der Waals surface area contributed by atoms with Crippen LogP contribution in [-0.4, -0.2) is 9.97 Å². The molecule has 0 unspecified atom stereocenters. The predicted octanol–water partition coefficient (Wildman–Crippen LogP) is 9.58. The molecular formula is C36H28IrN2O-2. The molecule has 3 nitrogen and oxygen atoms in total. The van der Waals surface area contributed by atoms with Gasteiger partial charge < -0.3 is 14.4 Å². The van der Waals surface area contributed by atoms with E-state index in [0.29, 0.717) is 5.92 Å². The number of benzene rings is 4. The second-order valence-electron chi connectivity index (χ2n) is 9.95. The van der Waals surface area contributed by atoms with E-state index in [2.05, 4.69) is 74.3 Å². The van der Waals surface area contributed by atoms with Gasteiger partial charge in [-0.2, -0.15) is 0 Å². The van der Waals surface area contributed by atoms with E-state index in [0.717, 1.165) is 55.4 Å². The van der Waals surface area contributed by atoms with Crippen LogP contribution in [0.4, 0.5) is 0 Å². The average molecular weight is 697 g/mol. The summed E-state index contributed by atoms with van der Waals surface area (Å²) in [6, 6.07) is 39.4. The van der Waals surface area contributed by atoms with E-state index in [1.54, 1.807) is 6.20 Å². The van der Waals surface area contributed by atoms with E-state index >= 15 is 0 Å². The largest absolute Gasteiger partial charge is 0.501 e. The summed E-state index contributed by atoms with van der Waals surface area (Å²) in [7, 11) is 0. The van der Waals surface area contributed by atoms with E-state index in [1.165, 1.54) is 10.9 Å². The van der Waals surface area contributed by atoms with Crippen molar-refractivity contribution >= 4 is 32.7 Å². The summed E-state index contributed by atoms with van der Waals surface area (Å²) in [5.74, 6) is 0.499. The Bertz CT molecular complexity index is 1860. The van der Waals surface area contributed by atoms with Crippen LogP contribution in [0.25, 0.3) is 55.2 Å². The third kappa shape index (κ3) is 5.47. The van der Waals surface area contributed by atoms with Gasteiger partial charge in [0, 0.05) is 37.9 Å². The third-order valence-corrected chi connectivity index (χ3v) is 6.89. The molecule has 199 valence electrons. The van der Waals surface area contributed by atoms with Crippen molar-refractivity contribution in [3.63, 3.8) is 0 Å². The maximum absolute atomic E-state index is 6.23. The molecule has 0 atom stereocenters. The normalized spacial score (nSPS) is 10.9. The number of pyridine rings is 2. The van der Waals surface area contributed by atoms with Crippen LogP contribution in [0.1, 0.15) is 30.9 Å². The number of nitrogens with zero attached hydrogens (tertiary/aromatic N) is 2. The summed E-state index contributed by atoms with van der Waals surface area (Å²) in [5, 5.41) is 4.58. The molecule has 3 heterocycles. The van der Waals surface area contributed by atoms with Gasteiger partial charge in [0.05, 0.1) is 5.58 Å². The maximum Gasteiger partial charge on any atom is 0.120 e. The molecule has 4 heteroatoms. The van der Waals surface area contributed by atoms with Crippen LogP contribution in [0.2, 0.25) is 0 Å². The zero-order valence-electron chi connectivity index (χ0n) is 22.6. The Morgan fingerprint density at radius 2 is 1.57 bits per heavy atom. The number of fused-ring (bicyclic) bond motifs is 4. The van der Waals surface area contributed by atoms with E-state index in [1.807, 2.05) is 66.9 Å². The summed E-state index contributed by atoms with van der Waals surface area (Å²) in [4.78, 5) is 8.94. The Morgan fingerprint density at radius 3 is 2.35 bits per heavy atom. The molecule has 0 spiro atoms. The summed E-state index contributed by atoms with van der Waals surface area (Å²) in [6.07, 6.45) is 3.67. The first-order valence-corrected chi connectivity index (χ1v) is 13.2. The molecule has 0 bridgehead atoms. The van der Waals surface area contributed by atoms with Crippen molar-refractivity contribution < 1.29 is 24.5 Å². The van der Waals surface area contributed by atoms with Crippen molar-refractivity contribution in [3.8, 4) is 22.5 Å². The van der Waals surface area contributed by atoms with Gasteiger partial charge in [0.25, 0.3) is 0 Å². The zero-order chi connectivity index (χ0) is 26.8. The Labute approximate surface area is 248 Å². The number of rotatable bonds is 3. The summed E-state index contributed by atoms with van der Waals surface area (Å²) >= 11 is 0. The molecule has 7 rings (SSSR count). The van der Waals surface area contributed by atoms with Gasteiger partial charge in [0.1, 0.15) is 5.58 Å². The first-order valence-electron chi connectivity index (χ1n) is 13.2. The van der Waals surface area contributed by atoms with E-state index in [-0.39, 0.29) is 20.1 Å². The van der Waals surface area contributed by atoms with Crippen LogP contribution >= 0.6 is 0 Å². The van der Waals surface area contributed by atoms with Crippen molar-refractivity contribution in [1.82, 2.24) is 9.97 Å². The van der Waals surface area contributed by atoms with Gasteiger partial charge in [-0.1, -0.05) is 80.3 Å². The molecule has 0 amide bonds. The Hall–Kier alpha value is -4.11. The fourth-order valence-electron chi connectivity index (χ4n) is 4.90. The number of aryl methyl sites for hydroxylation is 1. The van der Waals surface area contributed by atoms with Crippen LogP contribution in [0.5, 0.6) is 0 Å². The number of para-hydroxylation sites is 1. The molecule has 4 aromatic carbocycles. The fraction of sp³-hybridized carbons (Fsp3) is 0.111. The maximum atomic E-state index is 6.23. The van der Waals surface area contributed by atoms with Crippen LogP contribution in [0, 0.1) is 19.1 Å². The molecule has 0 aliphatic carbocycles. The third-order valence-electron chi connectivity index (χ3n) is 6.89. The molecule has 0 fully saturated rings. The SMILES string of the molecule is Cc1[c-]c(-c2nccc3cc(C(C)C)ccc23)c2oc3ccccc3c2c1.[Ir].[c-]1ccccc1-c1ccccn1. The van der Waals surface area contributed by atoms with Crippen molar-refractivity contribution in [1.29, 1.82) is 0 Å². The zero-order valence-corrected chi connectivity index (χ0v) is 25.0. The van der Waals surface area contributed by atoms with Gasteiger partial charge >= 0.3 is 0 Å². The van der Waals surface area contributed by atoms with E-state index < -0.39 is 0 Å². The molecule has 1 radical (unpaired) electrons. The number of aromatic nitrogens is 2. The number of hydrogen-bond acceptors (Lipinski definition) is 3. The fourth-order valence-corrected chi connectivity index (χ4v) is 4.90. The Balaban J connectivity index is 0.000000209. The van der Waals surface area contributed by atoms with Crippen molar-refractivity contribution in [3.05, 3.63) is 133 Å². The van der Waals surface area contributed by atoms with Gasteiger partial charge in [0.15, 0.2) is 0 Å². The van der Waals surface area contributed by atoms with Crippen LogP contribution < -0.4 is 0 Å². The summed E-state index contributed by atoms with van der Waals surface area (Å²) in [5.41, 5.74) is 8.05. The van der Waals surface area contributed by atoms with Gasteiger partial charge in [-0.15, -0.1) is 53.6 Å². The second kappa shape index (κ2) is 12.0. The molecule has 7 aromatic rings. The minimum atomic E-state index is 0. The van der Waals surface area contributed by atoms with Crippen LogP contribution in [0.3, 0.4) is 0 Å². The number of hydrogen-bond donors (Lipinski definition) is 0. The monoisotopic (exact) mass is 697 g/mol. The summed E-state index contributed by atoms with van der Waals surface area (Å²) < 4.78 is 6.23. The molecule has 0 aliphatic rings. The first-order chi connectivity index (χ1) is 19.1. The predicted molar refractivity (Wildman–Crippen MR) is 161 cm³/mol. The molecule has 0 saturated heterocycles. The van der Waals surface area contributed by atoms with Gasteiger partial charge in [-0.3, -0.25) is 0 Å². The van der Waals surface area contributed by atoms with Crippen molar-refractivity contribution in [2.24, 2.45) is 0 Å². The van der Waals surface area contributed by atoms with Crippen LogP contribution in [0.15, 0.2) is 114 Å². The standard InChI is InChI=1S/C25H20NO.C11H8N.Ir/c1-15(2)17-8-9-19-18(14-17)10-11-26-24(19)22-13-16(3)12-21-20-6-4-5-7-23(20)27-25(21)22;1-2-6-10(7-3-1)11-8-4-5-9-12-11;/h4-12,14-15H,1-3H3;1-6,8-9H;/q2*-1;. The molecule has 40 heavy (non-hydrogen) atoms. The first kappa shape index (κ1) is 27.5. The molecule has 0 saturated carbocycles. The molecule has 0 N–H and O–H groups in total. The van der Waals surface area contributed by atoms with Crippen molar-refractivity contribution in [2.75, 3.05) is 0 Å². The van der Waals surface area contributed by atoms with Crippen molar-refractivity contribution in [2.45, 2.75) is 26.7 Å². The Morgan fingerprint density at radius 1 is 0.750 bits per heavy atom. The minimum absolute atomic E-state index is 0. The summed E-state index contributed by atoms with van der Waals surface area (Å²) in [6.45, 7) is 6.51. The van der Waals surface area contributed by atoms with Gasteiger partial charge in [-0.05, 0) is 51.8 Å². The smallest absolute Gasteiger partial charge is 0.120 e. The van der Waals surface area contributed by atoms with E-state index in [9.17, 15) is 0 Å². The average Bonchev–Trinajstić information content (AvgIpc) is 3.36. The molecule has 0 aliphatic heterocycles. The quantitative estimate of drug-likeness (QED) is 0.173. The number of furan rings is 1. The molecular weight excluding hydrogens is 669 g/mol. The van der Waals surface area contributed by atoms with E-state index in [4.69, 9.17) is 9.40 Å². The van der Waals surface area contributed by atoms with Crippen LogP contribution in [-0.2, 0) is 20.1 Å². The molecule has 3 aromatic heterocycles. The topological polar surface area (TPSA) is 38.9 Å². The minimum Gasteiger partial charge on any atom is -0.501 e.